The lowest BCUT2D eigenvalue weighted by Gasteiger charge is -2.30. The van der Waals surface area contributed by atoms with Crippen LogP contribution in [0.5, 0.6) is 0 Å². The number of rotatable bonds is 64. The number of esters is 1. The molecule has 0 fully saturated rings. The van der Waals surface area contributed by atoms with Gasteiger partial charge in [0.25, 0.3) is 7.82 Å². The quantitative estimate of drug-likeness (QED) is 0.0212. The van der Waals surface area contributed by atoms with Crippen LogP contribution in [0.3, 0.4) is 0 Å². The van der Waals surface area contributed by atoms with Gasteiger partial charge >= 0.3 is 5.97 Å². The number of allylic oxidation sites excluding steroid dienone is 11. The second kappa shape index (κ2) is 62.5. The number of nitrogens with zero attached hydrogens (tertiary/aromatic N) is 1. The van der Waals surface area contributed by atoms with Crippen molar-refractivity contribution in [1.29, 1.82) is 0 Å². The predicted octanol–water partition coefficient (Wildman–Crippen LogP) is 21.7. The molecule has 0 aliphatic rings. The van der Waals surface area contributed by atoms with Gasteiger partial charge in [-0.1, -0.05) is 287 Å². The number of hydrogen-bond donors (Lipinski definition) is 1. The first-order chi connectivity index (χ1) is 40.4. The number of phosphoric ester groups is 1. The maximum atomic E-state index is 13.6. The second-order valence-corrected chi connectivity index (χ2v) is 26.4. The van der Waals surface area contributed by atoms with Gasteiger partial charge in [0.05, 0.1) is 33.8 Å². The average Bonchev–Trinajstić information content (AvgIpc) is 3.51. The van der Waals surface area contributed by atoms with E-state index in [2.05, 4.69) is 86.8 Å². The molecule has 3 unspecified atom stereocenters. The first kappa shape index (κ1) is 80.5. The Kier molecular flexibility index (Phi) is 60.6. The Labute approximate surface area is 514 Å². The van der Waals surface area contributed by atoms with E-state index < -0.39 is 20.0 Å². The summed E-state index contributed by atoms with van der Waals surface area (Å²) < 4.78 is 30.4. The van der Waals surface area contributed by atoms with Crippen LogP contribution < -0.4 is 10.2 Å². The Morgan fingerprint density at radius 3 is 1.12 bits per heavy atom. The summed E-state index contributed by atoms with van der Waals surface area (Å²) in [4.78, 5) is 40.1. The van der Waals surface area contributed by atoms with Crippen molar-refractivity contribution in [2.45, 2.75) is 341 Å². The molecule has 484 valence electrons. The zero-order valence-electron chi connectivity index (χ0n) is 55.4. The molecule has 0 spiro atoms. The van der Waals surface area contributed by atoms with Crippen LogP contribution >= 0.6 is 7.82 Å². The maximum Gasteiger partial charge on any atom is 0.306 e. The summed E-state index contributed by atoms with van der Waals surface area (Å²) in [5.74, 6) is -0.538. The van der Waals surface area contributed by atoms with Gasteiger partial charge in [0.15, 0.2) is 0 Å². The number of carbonyl (C=O) groups is 2. The van der Waals surface area contributed by atoms with Crippen molar-refractivity contribution in [3.63, 3.8) is 0 Å². The molecule has 0 saturated heterocycles. The van der Waals surface area contributed by atoms with E-state index in [4.69, 9.17) is 13.8 Å². The molecule has 83 heavy (non-hydrogen) atoms. The number of phosphoric acid groups is 1. The summed E-state index contributed by atoms with van der Waals surface area (Å²) in [5.41, 5.74) is 0. The highest BCUT2D eigenvalue weighted by molar-refractivity contribution is 7.45. The molecule has 0 aromatic carbocycles. The van der Waals surface area contributed by atoms with Crippen LogP contribution in [-0.4, -0.2) is 69.4 Å². The summed E-state index contributed by atoms with van der Waals surface area (Å²) in [5, 5.41) is 3.04. The molecule has 0 saturated carbocycles. The van der Waals surface area contributed by atoms with Gasteiger partial charge in [0.1, 0.15) is 19.3 Å². The van der Waals surface area contributed by atoms with Crippen molar-refractivity contribution in [2.75, 3.05) is 40.9 Å². The molecule has 0 rings (SSSR count). The second-order valence-electron chi connectivity index (χ2n) is 25.0. The number of carbonyl (C=O) groups excluding carboxylic acids is 2. The Morgan fingerprint density at radius 1 is 0.422 bits per heavy atom. The lowest BCUT2D eigenvalue weighted by atomic mass is 10.0. The average molecular weight is 1180 g/mol. The van der Waals surface area contributed by atoms with E-state index >= 15 is 0 Å². The van der Waals surface area contributed by atoms with Crippen LogP contribution in [0.1, 0.15) is 329 Å². The highest BCUT2D eigenvalue weighted by Gasteiger charge is 2.27. The van der Waals surface area contributed by atoms with Crippen LogP contribution in [0.15, 0.2) is 72.9 Å². The smallest absolute Gasteiger partial charge is 0.306 e. The SMILES string of the molecule is CCCCC/C=C\C/C=C\C/C=C\CCCCCCCCCCCCCCCCC(=O)NC(COP(=O)([O-])OCC[N+](C)(C)C)C(/C=C\CCCCCCCCCCC)OC(=O)CCCCCCCCCCC/C=C\C/C=C\CCCCC. The van der Waals surface area contributed by atoms with Gasteiger partial charge in [0.2, 0.25) is 5.91 Å². The monoisotopic (exact) mass is 1180 g/mol. The van der Waals surface area contributed by atoms with Gasteiger partial charge in [-0.15, -0.1) is 0 Å². The molecule has 10 heteroatoms. The molecule has 0 aliphatic carbocycles. The minimum absolute atomic E-state index is 0.0241. The van der Waals surface area contributed by atoms with Crippen molar-refractivity contribution in [1.82, 2.24) is 5.32 Å². The summed E-state index contributed by atoms with van der Waals surface area (Å²) in [7, 11) is 1.19. The van der Waals surface area contributed by atoms with Crippen LogP contribution in [0.4, 0.5) is 0 Å². The third kappa shape index (κ3) is 63.8. The lowest BCUT2D eigenvalue weighted by molar-refractivity contribution is -0.870. The number of unbranched alkanes of at least 4 members (excludes halogenated alkanes) is 38. The van der Waals surface area contributed by atoms with E-state index in [9.17, 15) is 19.0 Å². The predicted molar refractivity (Wildman–Crippen MR) is 358 cm³/mol. The van der Waals surface area contributed by atoms with Gasteiger partial charge in [-0.2, -0.15) is 0 Å². The molecule has 0 aromatic heterocycles. The van der Waals surface area contributed by atoms with Crippen molar-refractivity contribution >= 4 is 19.7 Å². The summed E-state index contributed by atoms with van der Waals surface area (Å²) in [6.07, 6.45) is 81.7. The van der Waals surface area contributed by atoms with Crippen molar-refractivity contribution in [3.05, 3.63) is 72.9 Å². The number of likely N-dealkylation sites (N-methyl/N-ethyl adjacent to an activating group) is 1. The topological polar surface area (TPSA) is 114 Å². The fourth-order valence-electron chi connectivity index (χ4n) is 10.1. The van der Waals surface area contributed by atoms with E-state index in [1.54, 1.807) is 0 Å². The Hall–Kier alpha value is -2.55. The van der Waals surface area contributed by atoms with E-state index in [1.807, 2.05) is 33.3 Å². The third-order valence-electron chi connectivity index (χ3n) is 15.6. The maximum absolute atomic E-state index is 13.6. The molecule has 1 N–H and O–H groups in total. The summed E-state index contributed by atoms with van der Waals surface area (Å²) >= 11 is 0. The van der Waals surface area contributed by atoms with E-state index in [0.717, 1.165) is 83.5 Å². The molecular weight excluding hydrogens is 1050 g/mol. The number of ether oxygens (including phenoxy) is 1. The fourth-order valence-corrected chi connectivity index (χ4v) is 10.9. The van der Waals surface area contributed by atoms with E-state index in [0.29, 0.717) is 17.4 Å². The van der Waals surface area contributed by atoms with Crippen LogP contribution in [0.2, 0.25) is 0 Å². The molecule has 0 aliphatic heterocycles. The zero-order chi connectivity index (χ0) is 60.7. The zero-order valence-corrected chi connectivity index (χ0v) is 56.3. The van der Waals surface area contributed by atoms with Crippen molar-refractivity contribution in [2.24, 2.45) is 0 Å². The van der Waals surface area contributed by atoms with Gasteiger partial charge in [0, 0.05) is 12.8 Å². The Balaban J connectivity index is 5.00. The molecule has 0 radical (unpaired) electrons. The normalized spacial score (nSPS) is 14.0. The highest BCUT2D eigenvalue weighted by atomic mass is 31.2. The van der Waals surface area contributed by atoms with Gasteiger partial charge in [-0.25, -0.2) is 0 Å². The minimum atomic E-state index is -4.70. The van der Waals surface area contributed by atoms with Gasteiger partial charge in [-0.05, 0) is 102 Å². The standard InChI is InChI=1S/C73H135N2O7P/c1-7-10-13-16-19-22-25-27-29-31-33-34-35-36-37-38-39-40-42-43-45-47-50-53-56-59-62-65-72(76)74-70(69-81-83(78,79)80-68-67-75(4,5)6)71(64-61-58-55-52-49-24-21-18-15-12-9-3)82-73(77)66-63-60-57-54-51-48-46-44-41-32-30-28-26-23-20-17-14-11-8-2/h19-20,22-23,27-30,33-34,61,64,70-71H,7-18,21,24-26,31-32,35-60,62-63,65-69H2,1-6H3,(H-,74,76,78,79)/b22-19-,23-20-,29-27-,30-28-,34-33-,64-61-. The summed E-state index contributed by atoms with van der Waals surface area (Å²) in [6.45, 7) is 6.81. The van der Waals surface area contributed by atoms with Gasteiger partial charge < -0.3 is 28.5 Å². The van der Waals surface area contributed by atoms with Crippen LogP contribution in [0.25, 0.3) is 0 Å². The molecular formula is C73H135N2O7P. The van der Waals surface area contributed by atoms with Crippen molar-refractivity contribution < 1.29 is 37.3 Å². The number of hydrogen-bond acceptors (Lipinski definition) is 7. The van der Waals surface area contributed by atoms with Crippen LogP contribution in [0, 0.1) is 0 Å². The molecule has 9 nitrogen and oxygen atoms in total. The molecule has 0 aromatic rings. The first-order valence-electron chi connectivity index (χ1n) is 35.2. The molecule has 0 heterocycles. The van der Waals surface area contributed by atoms with Crippen LogP contribution in [-0.2, 0) is 27.9 Å². The largest absolute Gasteiger partial charge is 0.756 e. The lowest BCUT2D eigenvalue weighted by Crippen LogP contribution is -2.47. The molecule has 0 bridgehead atoms. The van der Waals surface area contributed by atoms with Gasteiger partial charge in [-0.3, -0.25) is 14.2 Å². The highest BCUT2D eigenvalue weighted by Crippen LogP contribution is 2.38. The van der Waals surface area contributed by atoms with Crippen molar-refractivity contribution in [3.8, 4) is 0 Å². The Morgan fingerprint density at radius 2 is 0.735 bits per heavy atom. The third-order valence-corrected chi connectivity index (χ3v) is 16.6. The summed E-state index contributed by atoms with van der Waals surface area (Å²) in [6, 6.07) is -0.892. The fraction of sp³-hybridized carbons (Fsp3) is 0.808. The van der Waals surface area contributed by atoms with E-state index in [-0.39, 0.29) is 31.5 Å². The number of quaternary nitrogens is 1. The Bertz CT molecular complexity index is 1650. The molecule has 3 atom stereocenters. The molecule has 1 amide bonds. The first-order valence-corrected chi connectivity index (χ1v) is 36.7. The number of amides is 1. The number of nitrogens with one attached hydrogen (secondary N) is 1. The minimum Gasteiger partial charge on any atom is -0.756 e. The van der Waals surface area contributed by atoms with E-state index in [1.165, 1.54) is 212 Å².